The molecule has 0 saturated heterocycles. The smallest absolute Gasteiger partial charge is 0.112 e. The zero-order valence-electron chi connectivity index (χ0n) is 5.67. The Hall–Kier alpha value is -0.340. The van der Waals surface area contributed by atoms with Crippen LogP contribution in [0.25, 0.3) is 0 Å². The summed E-state index contributed by atoms with van der Waals surface area (Å²) in [5, 5.41) is 0. The van der Waals surface area contributed by atoms with Crippen molar-refractivity contribution in [3.05, 3.63) is 40.9 Å². The van der Waals surface area contributed by atoms with E-state index in [1.807, 2.05) is 24.3 Å². The van der Waals surface area contributed by atoms with Crippen LogP contribution in [0.5, 0.6) is 0 Å². The molecule has 0 heterocycles. The van der Waals surface area contributed by atoms with Gasteiger partial charge in [0.1, 0.15) is 6.61 Å². The molecule has 2 heteroatoms. The monoisotopic (exact) mass is 199 g/mol. The summed E-state index contributed by atoms with van der Waals surface area (Å²) in [5.41, 5.74) is 1.07. The van der Waals surface area contributed by atoms with Gasteiger partial charge in [-0.25, -0.2) is 0 Å². The SMILES string of the molecule is CO[CH]c1cccc(Br)c1. The van der Waals surface area contributed by atoms with Crippen LogP contribution >= 0.6 is 15.9 Å². The van der Waals surface area contributed by atoms with Gasteiger partial charge in [0.25, 0.3) is 0 Å². The molecule has 1 nitrogen and oxygen atoms in total. The fraction of sp³-hybridized carbons (Fsp3) is 0.125. The standard InChI is InChI=1S/C8H8BrO/c1-10-6-7-3-2-4-8(9)5-7/h2-6H,1H3. The quantitative estimate of drug-likeness (QED) is 0.712. The van der Waals surface area contributed by atoms with Crippen molar-refractivity contribution in [1.82, 2.24) is 0 Å². The van der Waals surface area contributed by atoms with Crippen LogP contribution in [0.15, 0.2) is 28.7 Å². The van der Waals surface area contributed by atoms with Gasteiger partial charge in [-0.2, -0.15) is 0 Å². The normalized spacial score (nSPS) is 9.80. The van der Waals surface area contributed by atoms with E-state index >= 15 is 0 Å². The zero-order chi connectivity index (χ0) is 7.40. The topological polar surface area (TPSA) is 9.23 Å². The molecule has 1 aromatic rings. The van der Waals surface area contributed by atoms with Gasteiger partial charge in [0.2, 0.25) is 0 Å². The van der Waals surface area contributed by atoms with E-state index < -0.39 is 0 Å². The minimum atomic E-state index is 1.07. The Morgan fingerprint density at radius 2 is 2.30 bits per heavy atom. The fourth-order valence-corrected chi connectivity index (χ4v) is 1.13. The van der Waals surface area contributed by atoms with Crippen molar-refractivity contribution < 1.29 is 4.74 Å². The third kappa shape index (κ3) is 2.12. The molecule has 0 N–H and O–H groups in total. The lowest BCUT2D eigenvalue weighted by atomic mass is 10.2. The fourth-order valence-electron chi connectivity index (χ4n) is 0.716. The molecule has 0 bridgehead atoms. The maximum absolute atomic E-state index is 4.84. The molecular weight excluding hydrogens is 192 g/mol. The van der Waals surface area contributed by atoms with Crippen molar-refractivity contribution in [1.29, 1.82) is 0 Å². The molecule has 0 saturated carbocycles. The van der Waals surface area contributed by atoms with Crippen LogP contribution in [0, 0.1) is 6.61 Å². The second kappa shape index (κ2) is 3.74. The largest absolute Gasteiger partial charge is 0.374 e. The highest BCUT2D eigenvalue weighted by atomic mass is 79.9. The molecule has 0 atom stereocenters. The Labute approximate surface area is 69.1 Å². The van der Waals surface area contributed by atoms with Gasteiger partial charge in [-0.1, -0.05) is 28.1 Å². The summed E-state index contributed by atoms with van der Waals surface area (Å²) in [4.78, 5) is 0. The number of hydrogen-bond acceptors (Lipinski definition) is 1. The summed E-state index contributed by atoms with van der Waals surface area (Å²) in [6, 6.07) is 7.92. The van der Waals surface area contributed by atoms with Crippen LogP contribution in [0.1, 0.15) is 5.56 Å². The number of benzene rings is 1. The van der Waals surface area contributed by atoms with Gasteiger partial charge >= 0.3 is 0 Å². The van der Waals surface area contributed by atoms with Crippen LogP contribution in [-0.4, -0.2) is 7.11 Å². The predicted molar refractivity (Wildman–Crippen MR) is 44.6 cm³/mol. The minimum Gasteiger partial charge on any atom is -0.374 e. The Bertz CT molecular complexity index is 210. The number of methoxy groups -OCH3 is 1. The Morgan fingerprint density at radius 1 is 1.50 bits per heavy atom. The van der Waals surface area contributed by atoms with Crippen LogP contribution in [0.3, 0.4) is 0 Å². The van der Waals surface area contributed by atoms with Crippen molar-refractivity contribution in [2.45, 2.75) is 0 Å². The predicted octanol–water partition coefficient (Wildman–Crippen LogP) is 2.61. The van der Waals surface area contributed by atoms with E-state index in [4.69, 9.17) is 4.74 Å². The van der Waals surface area contributed by atoms with Crippen molar-refractivity contribution in [3.8, 4) is 0 Å². The van der Waals surface area contributed by atoms with Crippen molar-refractivity contribution in [3.63, 3.8) is 0 Å². The maximum atomic E-state index is 4.84. The highest BCUT2D eigenvalue weighted by Gasteiger charge is 1.91. The van der Waals surface area contributed by atoms with Crippen LogP contribution < -0.4 is 0 Å². The average Bonchev–Trinajstić information content (AvgIpc) is 1.88. The van der Waals surface area contributed by atoms with Crippen LogP contribution in [0.4, 0.5) is 0 Å². The highest BCUT2D eigenvalue weighted by Crippen LogP contribution is 2.12. The van der Waals surface area contributed by atoms with E-state index in [2.05, 4.69) is 15.9 Å². The Kier molecular flexibility index (Phi) is 2.90. The third-order valence-electron chi connectivity index (χ3n) is 1.10. The van der Waals surface area contributed by atoms with Gasteiger partial charge in [0, 0.05) is 11.6 Å². The molecular formula is C8H8BrO. The van der Waals surface area contributed by atoms with E-state index in [9.17, 15) is 0 Å². The summed E-state index contributed by atoms with van der Waals surface area (Å²) < 4.78 is 5.90. The lowest BCUT2D eigenvalue weighted by molar-refractivity contribution is 0.292. The molecule has 0 spiro atoms. The van der Waals surface area contributed by atoms with Crippen LogP contribution in [-0.2, 0) is 4.74 Å². The molecule has 0 aromatic heterocycles. The van der Waals surface area contributed by atoms with E-state index in [0.717, 1.165) is 10.0 Å². The summed E-state index contributed by atoms with van der Waals surface area (Å²) in [7, 11) is 1.64. The zero-order valence-corrected chi connectivity index (χ0v) is 7.26. The summed E-state index contributed by atoms with van der Waals surface area (Å²) in [6.45, 7) is 1.70. The van der Waals surface area contributed by atoms with Crippen molar-refractivity contribution in [2.75, 3.05) is 7.11 Å². The van der Waals surface area contributed by atoms with Gasteiger partial charge in [0.05, 0.1) is 0 Å². The number of ether oxygens (including phenoxy) is 1. The number of hydrogen-bond donors (Lipinski definition) is 0. The van der Waals surface area contributed by atoms with Crippen LogP contribution in [0.2, 0.25) is 0 Å². The summed E-state index contributed by atoms with van der Waals surface area (Å²) in [5.74, 6) is 0. The summed E-state index contributed by atoms with van der Waals surface area (Å²) >= 11 is 3.36. The second-order valence-electron chi connectivity index (χ2n) is 1.91. The highest BCUT2D eigenvalue weighted by molar-refractivity contribution is 9.10. The Morgan fingerprint density at radius 3 is 2.90 bits per heavy atom. The first-order chi connectivity index (χ1) is 4.83. The molecule has 10 heavy (non-hydrogen) atoms. The molecule has 1 rings (SSSR count). The van der Waals surface area contributed by atoms with Crippen molar-refractivity contribution >= 4 is 15.9 Å². The van der Waals surface area contributed by atoms with E-state index in [0.29, 0.717) is 0 Å². The molecule has 0 aliphatic rings. The first-order valence-corrected chi connectivity index (χ1v) is 3.74. The average molecular weight is 200 g/mol. The summed E-state index contributed by atoms with van der Waals surface area (Å²) in [6.07, 6.45) is 0. The number of rotatable bonds is 2. The number of halogens is 1. The molecule has 0 unspecified atom stereocenters. The third-order valence-corrected chi connectivity index (χ3v) is 1.60. The molecule has 1 radical (unpaired) electrons. The molecule has 53 valence electrons. The Balaban J connectivity index is 2.75. The minimum absolute atomic E-state index is 1.07. The molecule has 0 amide bonds. The first kappa shape index (κ1) is 7.76. The van der Waals surface area contributed by atoms with Crippen molar-refractivity contribution in [2.24, 2.45) is 0 Å². The molecule has 0 aliphatic heterocycles. The second-order valence-corrected chi connectivity index (χ2v) is 2.82. The van der Waals surface area contributed by atoms with Gasteiger partial charge in [0.15, 0.2) is 0 Å². The maximum Gasteiger partial charge on any atom is 0.112 e. The lowest BCUT2D eigenvalue weighted by Crippen LogP contribution is -1.82. The van der Waals surface area contributed by atoms with Gasteiger partial charge in [-0.15, -0.1) is 0 Å². The molecule has 0 fully saturated rings. The first-order valence-electron chi connectivity index (χ1n) is 2.94. The van der Waals surface area contributed by atoms with E-state index in [1.54, 1.807) is 13.7 Å². The van der Waals surface area contributed by atoms with Gasteiger partial charge in [-0.05, 0) is 17.7 Å². The molecule has 0 aliphatic carbocycles. The molecule has 1 aromatic carbocycles. The van der Waals surface area contributed by atoms with E-state index in [1.165, 1.54) is 0 Å². The lowest BCUT2D eigenvalue weighted by Gasteiger charge is -1.97. The van der Waals surface area contributed by atoms with Gasteiger partial charge in [-0.3, -0.25) is 0 Å². The van der Waals surface area contributed by atoms with E-state index in [-0.39, 0.29) is 0 Å². The van der Waals surface area contributed by atoms with Gasteiger partial charge < -0.3 is 4.74 Å².